The summed E-state index contributed by atoms with van der Waals surface area (Å²) in [5.74, 6) is 0.561. The fourth-order valence-electron chi connectivity index (χ4n) is 4.33. The van der Waals surface area contributed by atoms with Crippen molar-refractivity contribution in [3.05, 3.63) is 52.6 Å². The first-order valence-corrected chi connectivity index (χ1v) is 8.62. The molecule has 1 aliphatic heterocycles. The highest BCUT2D eigenvalue weighted by molar-refractivity contribution is 6.02. The zero-order valence-corrected chi connectivity index (χ0v) is 15.4. The fourth-order valence-corrected chi connectivity index (χ4v) is 4.33. The largest absolute Gasteiger partial charge is 0.363 e. The highest BCUT2D eigenvalue weighted by atomic mass is 35.5. The molecule has 0 fully saturated rings. The zero-order chi connectivity index (χ0) is 16.8. The van der Waals surface area contributed by atoms with Crippen LogP contribution >= 0.6 is 12.4 Å². The molecular formula is C20H23ClN2O2. The summed E-state index contributed by atoms with van der Waals surface area (Å²) in [6, 6.07) is 6.29. The van der Waals surface area contributed by atoms with E-state index in [2.05, 4.69) is 22.4 Å². The van der Waals surface area contributed by atoms with Gasteiger partial charge in [0.15, 0.2) is 11.6 Å². The van der Waals surface area contributed by atoms with E-state index in [0.717, 1.165) is 30.6 Å². The number of likely N-dealkylation sites (N-methyl/N-ethyl adjacent to an activating group) is 1. The van der Waals surface area contributed by atoms with E-state index in [1.54, 1.807) is 6.92 Å². The summed E-state index contributed by atoms with van der Waals surface area (Å²) < 4.78 is 0. The average Bonchev–Trinajstić information content (AvgIpc) is 3.10. The van der Waals surface area contributed by atoms with E-state index in [1.807, 2.05) is 25.3 Å². The topological polar surface area (TPSA) is 49.4 Å². The number of carbonyl (C=O) groups excluding carboxylic acids is 2. The van der Waals surface area contributed by atoms with Crippen molar-refractivity contribution in [1.82, 2.24) is 5.32 Å². The fraction of sp³-hybridized carbons (Fsp3) is 0.400. The van der Waals surface area contributed by atoms with Crippen LogP contribution in [-0.2, 0) is 4.79 Å². The van der Waals surface area contributed by atoms with Gasteiger partial charge in [-0.05, 0) is 49.7 Å². The van der Waals surface area contributed by atoms with Crippen LogP contribution in [0.5, 0.6) is 0 Å². The number of hydrogen-bond acceptors (Lipinski definition) is 4. The van der Waals surface area contributed by atoms with E-state index < -0.39 is 0 Å². The molecule has 0 saturated heterocycles. The normalized spacial score (nSPS) is 23.3. The van der Waals surface area contributed by atoms with Gasteiger partial charge in [-0.3, -0.25) is 9.59 Å². The van der Waals surface area contributed by atoms with E-state index >= 15 is 0 Å². The monoisotopic (exact) mass is 358 g/mol. The van der Waals surface area contributed by atoms with Gasteiger partial charge in [0.1, 0.15) is 0 Å². The molecule has 2 aliphatic carbocycles. The van der Waals surface area contributed by atoms with Crippen LogP contribution in [-0.4, -0.2) is 37.7 Å². The third-order valence-corrected chi connectivity index (χ3v) is 5.49. The number of fused-ring (bicyclic) bond motifs is 4. The third-order valence-electron chi connectivity index (χ3n) is 5.49. The molecule has 0 spiro atoms. The first-order chi connectivity index (χ1) is 11.6. The summed E-state index contributed by atoms with van der Waals surface area (Å²) in [5.41, 5.74) is 5.33. The lowest BCUT2D eigenvalue weighted by molar-refractivity contribution is -0.114. The predicted molar refractivity (Wildman–Crippen MR) is 102 cm³/mol. The summed E-state index contributed by atoms with van der Waals surface area (Å²) >= 11 is 0. The maximum Gasteiger partial charge on any atom is 0.163 e. The van der Waals surface area contributed by atoms with E-state index in [0.29, 0.717) is 6.42 Å². The second-order valence-corrected chi connectivity index (χ2v) is 6.82. The SMILES string of the molecule is CNCCN1c2ccc(C(C)=O)cc2C2C3=C(C=CC21)C(=O)CC3.Cl. The lowest BCUT2D eigenvalue weighted by Crippen LogP contribution is -2.38. The molecule has 0 saturated carbocycles. The molecule has 1 aromatic rings. The molecule has 1 aromatic carbocycles. The molecule has 0 amide bonds. The maximum atomic E-state index is 12.2. The average molecular weight is 359 g/mol. The van der Waals surface area contributed by atoms with Gasteiger partial charge in [0.2, 0.25) is 0 Å². The van der Waals surface area contributed by atoms with Crippen molar-refractivity contribution in [2.45, 2.75) is 31.7 Å². The Balaban J connectivity index is 0.00000182. The van der Waals surface area contributed by atoms with Gasteiger partial charge in [0, 0.05) is 42.3 Å². The van der Waals surface area contributed by atoms with E-state index in [1.165, 1.54) is 16.8 Å². The molecule has 1 N–H and O–H groups in total. The van der Waals surface area contributed by atoms with Crippen molar-refractivity contribution in [2.75, 3.05) is 25.0 Å². The first-order valence-electron chi connectivity index (χ1n) is 8.62. The number of benzene rings is 1. The second-order valence-electron chi connectivity index (χ2n) is 6.82. The van der Waals surface area contributed by atoms with Gasteiger partial charge in [0.05, 0.1) is 6.04 Å². The number of nitrogens with one attached hydrogen (secondary N) is 1. The Bertz CT molecular complexity index is 797. The van der Waals surface area contributed by atoms with Gasteiger partial charge in [-0.2, -0.15) is 0 Å². The molecule has 2 atom stereocenters. The number of halogens is 1. The van der Waals surface area contributed by atoms with Crippen molar-refractivity contribution in [3.63, 3.8) is 0 Å². The quantitative estimate of drug-likeness (QED) is 0.840. The number of allylic oxidation sites excluding steroid dienone is 2. The number of carbonyl (C=O) groups is 2. The number of hydrogen-bond donors (Lipinski definition) is 1. The molecule has 5 heteroatoms. The summed E-state index contributed by atoms with van der Waals surface area (Å²) in [4.78, 5) is 26.4. The Hall–Kier alpha value is -1.91. The summed E-state index contributed by atoms with van der Waals surface area (Å²) in [7, 11) is 1.96. The summed E-state index contributed by atoms with van der Waals surface area (Å²) in [6.45, 7) is 3.41. The first kappa shape index (κ1) is 17.9. The summed E-state index contributed by atoms with van der Waals surface area (Å²) in [6.07, 6.45) is 5.67. The van der Waals surface area contributed by atoms with Crippen LogP contribution in [0.15, 0.2) is 41.5 Å². The van der Waals surface area contributed by atoms with Crippen molar-refractivity contribution in [3.8, 4) is 0 Å². The maximum absolute atomic E-state index is 12.2. The minimum absolute atomic E-state index is 0. The Kier molecular flexibility index (Phi) is 4.85. The molecule has 0 radical (unpaired) electrons. The van der Waals surface area contributed by atoms with Gasteiger partial charge < -0.3 is 10.2 Å². The van der Waals surface area contributed by atoms with E-state index in [4.69, 9.17) is 0 Å². The van der Waals surface area contributed by atoms with E-state index in [-0.39, 0.29) is 35.9 Å². The molecule has 25 heavy (non-hydrogen) atoms. The van der Waals surface area contributed by atoms with Crippen LogP contribution < -0.4 is 10.2 Å². The molecule has 4 nitrogen and oxygen atoms in total. The molecule has 4 rings (SSSR count). The number of nitrogens with zero attached hydrogens (tertiary/aromatic N) is 1. The molecule has 132 valence electrons. The third kappa shape index (κ3) is 2.74. The zero-order valence-electron chi connectivity index (χ0n) is 14.5. The van der Waals surface area contributed by atoms with E-state index in [9.17, 15) is 9.59 Å². The van der Waals surface area contributed by atoms with Crippen molar-refractivity contribution < 1.29 is 9.59 Å². The van der Waals surface area contributed by atoms with Crippen LogP contribution in [0.1, 0.15) is 41.6 Å². The summed E-state index contributed by atoms with van der Waals surface area (Å²) in [5, 5.41) is 3.22. The van der Waals surface area contributed by atoms with Gasteiger partial charge in [0.25, 0.3) is 0 Å². The van der Waals surface area contributed by atoms with Crippen LogP contribution in [0.2, 0.25) is 0 Å². The number of ketones is 2. The smallest absolute Gasteiger partial charge is 0.163 e. The van der Waals surface area contributed by atoms with Crippen molar-refractivity contribution >= 4 is 29.7 Å². The number of rotatable bonds is 4. The standard InChI is InChI=1S/C20H22N2O2.ClH/c1-12(23)13-3-6-17-16(11-13)20-15-5-8-19(24)14(15)4-7-18(20)22(17)10-9-21-2;/h3-4,6-7,11,18,20-21H,5,8-10H2,1-2H3;1H. The minimum atomic E-state index is 0. The molecule has 0 bridgehead atoms. The Morgan fingerprint density at radius 1 is 1.32 bits per heavy atom. The minimum Gasteiger partial charge on any atom is -0.363 e. The molecule has 0 aromatic heterocycles. The lowest BCUT2D eigenvalue weighted by Gasteiger charge is -2.31. The highest BCUT2D eigenvalue weighted by Gasteiger charge is 2.43. The van der Waals surface area contributed by atoms with Gasteiger partial charge in [-0.1, -0.05) is 12.2 Å². The van der Waals surface area contributed by atoms with Crippen LogP contribution in [0.25, 0.3) is 0 Å². The molecule has 2 unspecified atom stereocenters. The van der Waals surface area contributed by atoms with Gasteiger partial charge in [-0.25, -0.2) is 0 Å². The predicted octanol–water partition coefficient (Wildman–Crippen LogP) is 3.03. The molecule has 3 aliphatic rings. The number of anilines is 1. The highest BCUT2D eigenvalue weighted by Crippen LogP contribution is 2.51. The Labute approximate surface area is 154 Å². The molecule has 1 heterocycles. The number of Topliss-reactive ketones (excluding diaryl/α,β-unsaturated/α-hetero) is 2. The van der Waals surface area contributed by atoms with Crippen LogP contribution in [0.3, 0.4) is 0 Å². The Morgan fingerprint density at radius 3 is 2.84 bits per heavy atom. The Morgan fingerprint density at radius 2 is 2.12 bits per heavy atom. The molecular weight excluding hydrogens is 336 g/mol. The van der Waals surface area contributed by atoms with Gasteiger partial charge in [-0.15, -0.1) is 12.4 Å². The van der Waals surface area contributed by atoms with Gasteiger partial charge >= 0.3 is 0 Å². The van der Waals surface area contributed by atoms with Crippen molar-refractivity contribution in [2.24, 2.45) is 0 Å². The van der Waals surface area contributed by atoms with Crippen LogP contribution in [0, 0.1) is 0 Å². The van der Waals surface area contributed by atoms with Crippen molar-refractivity contribution in [1.29, 1.82) is 0 Å². The van der Waals surface area contributed by atoms with Crippen LogP contribution in [0.4, 0.5) is 5.69 Å². The second kappa shape index (κ2) is 6.77. The lowest BCUT2D eigenvalue weighted by atomic mass is 9.81.